The number of nitrogens with one attached hydrogen (secondary N) is 1. The van der Waals surface area contributed by atoms with Gasteiger partial charge in [0.1, 0.15) is 5.01 Å². The largest absolute Gasteiger partial charge is 0.448 e. The summed E-state index contributed by atoms with van der Waals surface area (Å²) in [4.78, 5) is 28.8. The standard InChI is InChI=1S/C22H22N2O3S/c1-3-16-9-11-18(12-10-16)21-24-19(14-28-21)22(26)27-15(2)20(25)23-13-17-7-5-4-6-8-17/h4-12,14-15H,3,13H2,1-2H3,(H,23,25)/t15-/m1/s1. The number of hydrogen-bond acceptors (Lipinski definition) is 5. The number of amides is 1. The van der Waals surface area contributed by atoms with Crippen molar-refractivity contribution in [2.24, 2.45) is 0 Å². The lowest BCUT2D eigenvalue weighted by atomic mass is 10.1. The van der Waals surface area contributed by atoms with Gasteiger partial charge >= 0.3 is 5.97 Å². The number of ether oxygens (including phenoxy) is 1. The van der Waals surface area contributed by atoms with Gasteiger partial charge in [0.25, 0.3) is 5.91 Å². The van der Waals surface area contributed by atoms with Crippen molar-refractivity contribution in [3.05, 3.63) is 76.8 Å². The van der Waals surface area contributed by atoms with Crippen LogP contribution >= 0.6 is 11.3 Å². The Labute approximate surface area is 168 Å². The van der Waals surface area contributed by atoms with Gasteiger partial charge in [-0.2, -0.15) is 0 Å². The number of aryl methyl sites for hydroxylation is 1. The van der Waals surface area contributed by atoms with E-state index in [9.17, 15) is 9.59 Å². The fraction of sp³-hybridized carbons (Fsp3) is 0.227. The lowest BCUT2D eigenvalue weighted by Crippen LogP contribution is -2.35. The number of benzene rings is 2. The number of carbonyl (C=O) groups is 2. The van der Waals surface area contributed by atoms with Gasteiger partial charge in [-0.25, -0.2) is 9.78 Å². The summed E-state index contributed by atoms with van der Waals surface area (Å²) in [5.74, 6) is -0.946. The molecule has 0 saturated heterocycles. The molecule has 0 aliphatic heterocycles. The summed E-state index contributed by atoms with van der Waals surface area (Å²) in [6.07, 6.45) is 0.0742. The molecule has 3 rings (SSSR count). The van der Waals surface area contributed by atoms with Crippen LogP contribution in [0.1, 0.15) is 35.5 Å². The van der Waals surface area contributed by atoms with Gasteiger partial charge in [-0.05, 0) is 24.5 Å². The third kappa shape index (κ3) is 5.04. The normalized spacial score (nSPS) is 11.6. The molecule has 0 fully saturated rings. The van der Waals surface area contributed by atoms with Crippen LogP contribution in [0.2, 0.25) is 0 Å². The van der Waals surface area contributed by atoms with Crippen LogP contribution < -0.4 is 5.32 Å². The Morgan fingerprint density at radius 2 is 1.79 bits per heavy atom. The summed E-state index contributed by atoms with van der Waals surface area (Å²) in [5, 5.41) is 5.16. The van der Waals surface area contributed by atoms with E-state index in [1.54, 1.807) is 12.3 Å². The molecule has 1 aromatic heterocycles. The molecule has 0 saturated carbocycles. The average Bonchev–Trinajstić information content (AvgIpc) is 3.23. The van der Waals surface area contributed by atoms with Crippen molar-refractivity contribution in [1.82, 2.24) is 10.3 Å². The summed E-state index contributed by atoms with van der Waals surface area (Å²) in [5.41, 5.74) is 3.39. The molecule has 3 aromatic rings. The van der Waals surface area contributed by atoms with Crippen LogP contribution in [-0.2, 0) is 22.5 Å². The molecule has 0 radical (unpaired) electrons. The SMILES string of the molecule is CCc1ccc(-c2nc(C(=O)O[C@H](C)C(=O)NCc3ccccc3)cs2)cc1. The van der Waals surface area contributed by atoms with Crippen molar-refractivity contribution in [2.75, 3.05) is 0 Å². The third-order valence-corrected chi connectivity index (χ3v) is 5.18. The maximum atomic E-state index is 12.3. The number of rotatable bonds is 7. The van der Waals surface area contributed by atoms with Crippen molar-refractivity contribution in [3.8, 4) is 10.6 Å². The molecule has 1 heterocycles. The fourth-order valence-electron chi connectivity index (χ4n) is 2.59. The Morgan fingerprint density at radius 3 is 2.46 bits per heavy atom. The van der Waals surface area contributed by atoms with E-state index in [1.807, 2.05) is 54.6 Å². The third-order valence-electron chi connectivity index (χ3n) is 4.29. The van der Waals surface area contributed by atoms with Crippen LogP contribution in [0.5, 0.6) is 0 Å². The van der Waals surface area contributed by atoms with E-state index < -0.39 is 12.1 Å². The highest BCUT2D eigenvalue weighted by Crippen LogP contribution is 2.24. The van der Waals surface area contributed by atoms with Crippen LogP contribution in [0, 0.1) is 0 Å². The molecule has 28 heavy (non-hydrogen) atoms. The van der Waals surface area contributed by atoms with E-state index in [0.29, 0.717) is 6.54 Å². The van der Waals surface area contributed by atoms with Crippen LogP contribution in [0.4, 0.5) is 0 Å². The zero-order valence-electron chi connectivity index (χ0n) is 15.8. The van der Waals surface area contributed by atoms with Crippen molar-refractivity contribution in [1.29, 1.82) is 0 Å². The van der Waals surface area contributed by atoms with E-state index in [0.717, 1.165) is 22.6 Å². The Hall–Kier alpha value is -2.99. The molecule has 1 amide bonds. The van der Waals surface area contributed by atoms with Crippen LogP contribution in [0.3, 0.4) is 0 Å². The van der Waals surface area contributed by atoms with E-state index in [1.165, 1.54) is 16.9 Å². The van der Waals surface area contributed by atoms with Gasteiger partial charge in [-0.15, -0.1) is 11.3 Å². The van der Waals surface area contributed by atoms with Gasteiger partial charge in [-0.3, -0.25) is 4.79 Å². The molecule has 5 nitrogen and oxygen atoms in total. The first-order valence-electron chi connectivity index (χ1n) is 9.14. The molecule has 0 spiro atoms. The first-order chi connectivity index (χ1) is 13.6. The lowest BCUT2D eigenvalue weighted by molar-refractivity contribution is -0.129. The highest BCUT2D eigenvalue weighted by Gasteiger charge is 2.21. The predicted octanol–water partition coefficient (Wildman–Crippen LogP) is 4.23. The second-order valence-electron chi connectivity index (χ2n) is 6.34. The van der Waals surface area contributed by atoms with Gasteiger partial charge in [0.15, 0.2) is 11.8 Å². The van der Waals surface area contributed by atoms with E-state index in [-0.39, 0.29) is 11.6 Å². The molecular formula is C22H22N2O3S. The first-order valence-corrected chi connectivity index (χ1v) is 10.0. The molecule has 0 unspecified atom stereocenters. The van der Waals surface area contributed by atoms with E-state index in [4.69, 9.17) is 4.74 Å². The number of esters is 1. The van der Waals surface area contributed by atoms with Crippen molar-refractivity contribution in [3.63, 3.8) is 0 Å². The predicted molar refractivity (Wildman–Crippen MR) is 110 cm³/mol. The summed E-state index contributed by atoms with van der Waals surface area (Å²) in [6.45, 7) is 4.04. The molecule has 6 heteroatoms. The van der Waals surface area contributed by atoms with Gasteiger partial charge in [0.05, 0.1) is 0 Å². The molecule has 0 bridgehead atoms. The quantitative estimate of drug-likeness (QED) is 0.609. The Balaban J connectivity index is 1.56. The highest BCUT2D eigenvalue weighted by atomic mass is 32.1. The minimum atomic E-state index is -0.898. The average molecular weight is 394 g/mol. The molecule has 0 aliphatic carbocycles. The number of hydrogen-bond donors (Lipinski definition) is 1. The van der Waals surface area contributed by atoms with Gasteiger partial charge in [-0.1, -0.05) is 61.5 Å². The second-order valence-corrected chi connectivity index (χ2v) is 7.20. The molecule has 144 valence electrons. The van der Waals surface area contributed by atoms with Gasteiger partial charge < -0.3 is 10.1 Å². The molecule has 1 atom stereocenters. The minimum absolute atomic E-state index is 0.210. The van der Waals surface area contributed by atoms with E-state index >= 15 is 0 Å². The fourth-order valence-corrected chi connectivity index (χ4v) is 3.38. The van der Waals surface area contributed by atoms with Crippen LogP contribution in [-0.4, -0.2) is 23.0 Å². The smallest absolute Gasteiger partial charge is 0.358 e. The van der Waals surface area contributed by atoms with Crippen molar-refractivity contribution >= 4 is 23.2 Å². The number of carbonyl (C=O) groups excluding carboxylic acids is 2. The first kappa shape index (κ1) is 19.8. The highest BCUT2D eigenvalue weighted by molar-refractivity contribution is 7.13. The summed E-state index contributed by atoms with van der Waals surface area (Å²) in [6, 6.07) is 17.6. The van der Waals surface area contributed by atoms with Crippen molar-refractivity contribution < 1.29 is 14.3 Å². The van der Waals surface area contributed by atoms with Crippen LogP contribution in [0.15, 0.2) is 60.0 Å². The monoisotopic (exact) mass is 394 g/mol. The topological polar surface area (TPSA) is 68.3 Å². The van der Waals surface area contributed by atoms with Crippen LogP contribution in [0.25, 0.3) is 10.6 Å². The number of aromatic nitrogens is 1. The molecule has 1 N–H and O–H groups in total. The number of thiazole rings is 1. The lowest BCUT2D eigenvalue weighted by Gasteiger charge is -2.12. The molecular weight excluding hydrogens is 372 g/mol. The molecule has 0 aliphatic rings. The number of nitrogens with zero attached hydrogens (tertiary/aromatic N) is 1. The Kier molecular flexibility index (Phi) is 6.55. The second kappa shape index (κ2) is 9.28. The molecule has 2 aromatic carbocycles. The minimum Gasteiger partial charge on any atom is -0.448 e. The van der Waals surface area contributed by atoms with Crippen molar-refractivity contribution in [2.45, 2.75) is 32.9 Å². The summed E-state index contributed by atoms with van der Waals surface area (Å²) >= 11 is 1.37. The summed E-state index contributed by atoms with van der Waals surface area (Å²) < 4.78 is 5.27. The zero-order valence-corrected chi connectivity index (χ0v) is 16.7. The zero-order chi connectivity index (χ0) is 19.9. The van der Waals surface area contributed by atoms with Gasteiger partial charge in [0, 0.05) is 17.5 Å². The summed E-state index contributed by atoms with van der Waals surface area (Å²) in [7, 11) is 0. The van der Waals surface area contributed by atoms with Gasteiger partial charge in [0.2, 0.25) is 0 Å². The Morgan fingerprint density at radius 1 is 1.07 bits per heavy atom. The van der Waals surface area contributed by atoms with E-state index in [2.05, 4.69) is 17.2 Å². The Bertz CT molecular complexity index is 936. The maximum absolute atomic E-state index is 12.3. The maximum Gasteiger partial charge on any atom is 0.358 e.